The van der Waals surface area contributed by atoms with E-state index in [2.05, 4.69) is 38.5 Å². The van der Waals surface area contributed by atoms with Gasteiger partial charge in [-0.2, -0.15) is 0 Å². The molecule has 0 radical (unpaired) electrons. The summed E-state index contributed by atoms with van der Waals surface area (Å²) in [6.07, 6.45) is 0. The third-order valence-corrected chi connectivity index (χ3v) is 3.63. The summed E-state index contributed by atoms with van der Waals surface area (Å²) in [7, 11) is 0. The van der Waals surface area contributed by atoms with Crippen molar-refractivity contribution < 1.29 is 13.5 Å². The first kappa shape index (κ1) is 13.7. The van der Waals surface area contributed by atoms with Crippen molar-refractivity contribution >= 4 is 38.5 Å². The van der Waals surface area contributed by atoms with Gasteiger partial charge in [0.1, 0.15) is 24.0 Å². The molecular weight excluding hydrogens is 417 g/mol. The van der Waals surface area contributed by atoms with E-state index in [9.17, 15) is 8.78 Å². The third kappa shape index (κ3) is 3.41. The van der Waals surface area contributed by atoms with E-state index in [1.165, 1.54) is 12.1 Å². The molecule has 0 N–H and O–H groups in total. The molecule has 18 heavy (non-hydrogen) atoms. The monoisotopic (exact) mass is 424 g/mol. The molecule has 0 fully saturated rings. The topological polar surface area (TPSA) is 9.23 Å². The summed E-state index contributed by atoms with van der Waals surface area (Å²) in [5, 5.41) is 0. The van der Waals surface area contributed by atoms with E-state index in [0.717, 1.165) is 14.1 Å². The number of hydrogen-bond donors (Lipinski definition) is 0. The molecule has 0 atom stereocenters. The van der Waals surface area contributed by atoms with Crippen molar-refractivity contribution in [3.05, 3.63) is 61.6 Å². The standard InChI is InChI=1S/C13H8BrF2IO/c14-9-2-4-13(12(17)5-9)18-7-8-1-3-10(15)6-11(8)16/h1-6H,7H2. The zero-order valence-corrected chi connectivity index (χ0v) is 12.8. The second kappa shape index (κ2) is 5.97. The Morgan fingerprint density at radius 1 is 1.11 bits per heavy atom. The molecule has 0 saturated carbocycles. The lowest BCUT2D eigenvalue weighted by Crippen LogP contribution is -2.00. The van der Waals surface area contributed by atoms with Crippen molar-refractivity contribution in [1.82, 2.24) is 0 Å². The lowest BCUT2D eigenvalue weighted by molar-refractivity contribution is 0.297. The van der Waals surface area contributed by atoms with Crippen molar-refractivity contribution in [2.75, 3.05) is 0 Å². The summed E-state index contributed by atoms with van der Waals surface area (Å²) in [5.74, 6) is -0.515. The molecule has 0 aliphatic carbocycles. The number of hydrogen-bond acceptors (Lipinski definition) is 1. The number of halogens is 4. The molecule has 0 spiro atoms. The van der Waals surface area contributed by atoms with Gasteiger partial charge in [0, 0.05) is 16.1 Å². The number of rotatable bonds is 3. The van der Waals surface area contributed by atoms with Crippen LogP contribution in [0.5, 0.6) is 5.75 Å². The highest BCUT2D eigenvalue weighted by atomic mass is 127. The van der Waals surface area contributed by atoms with Gasteiger partial charge in [-0.25, -0.2) is 8.78 Å². The van der Waals surface area contributed by atoms with E-state index in [0.29, 0.717) is 11.3 Å². The summed E-state index contributed by atoms with van der Waals surface area (Å²) < 4.78 is 33.5. The van der Waals surface area contributed by atoms with Crippen LogP contribution in [0.15, 0.2) is 40.9 Å². The quantitative estimate of drug-likeness (QED) is 0.636. The summed E-state index contributed by atoms with van der Waals surface area (Å²) in [4.78, 5) is 0. The SMILES string of the molecule is Fc1ccc(COc2ccc(Br)cc2I)c(F)c1. The molecule has 2 aromatic rings. The molecule has 0 amide bonds. The molecule has 0 saturated heterocycles. The fraction of sp³-hybridized carbons (Fsp3) is 0.0769. The van der Waals surface area contributed by atoms with Crippen molar-refractivity contribution in [3.63, 3.8) is 0 Å². The smallest absolute Gasteiger partial charge is 0.133 e. The Balaban J connectivity index is 2.11. The van der Waals surface area contributed by atoms with Crippen LogP contribution in [-0.4, -0.2) is 0 Å². The minimum atomic E-state index is -0.595. The molecule has 0 heterocycles. The summed E-state index contributed by atoms with van der Waals surface area (Å²) in [6, 6.07) is 9.00. The van der Waals surface area contributed by atoms with Gasteiger partial charge in [-0.1, -0.05) is 15.9 Å². The van der Waals surface area contributed by atoms with Gasteiger partial charge >= 0.3 is 0 Å². The van der Waals surface area contributed by atoms with Crippen LogP contribution in [0.4, 0.5) is 8.78 Å². The van der Waals surface area contributed by atoms with Gasteiger partial charge in [-0.15, -0.1) is 0 Å². The largest absolute Gasteiger partial charge is 0.488 e. The predicted octanol–water partition coefficient (Wildman–Crippen LogP) is 4.91. The maximum Gasteiger partial charge on any atom is 0.133 e. The second-order valence-electron chi connectivity index (χ2n) is 3.60. The zero-order chi connectivity index (χ0) is 13.1. The van der Waals surface area contributed by atoms with Gasteiger partial charge in [-0.3, -0.25) is 0 Å². The average Bonchev–Trinajstić information content (AvgIpc) is 2.30. The van der Waals surface area contributed by atoms with Crippen molar-refractivity contribution in [2.45, 2.75) is 6.61 Å². The first-order valence-electron chi connectivity index (χ1n) is 5.08. The van der Waals surface area contributed by atoms with Crippen molar-refractivity contribution in [1.29, 1.82) is 0 Å². The van der Waals surface area contributed by atoms with Crippen LogP contribution >= 0.6 is 38.5 Å². The molecule has 94 valence electrons. The molecule has 0 aliphatic heterocycles. The maximum absolute atomic E-state index is 13.4. The average molecular weight is 425 g/mol. The fourth-order valence-electron chi connectivity index (χ4n) is 1.39. The van der Waals surface area contributed by atoms with Crippen LogP contribution in [0.3, 0.4) is 0 Å². The van der Waals surface area contributed by atoms with Gasteiger partial charge < -0.3 is 4.74 Å². The minimum Gasteiger partial charge on any atom is -0.488 e. The lowest BCUT2D eigenvalue weighted by atomic mass is 10.2. The number of ether oxygens (including phenoxy) is 1. The Morgan fingerprint density at radius 2 is 1.89 bits per heavy atom. The molecule has 0 bridgehead atoms. The van der Waals surface area contributed by atoms with E-state index >= 15 is 0 Å². The van der Waals surface area contributed by atoms with Gasteiger partial charge in [0.25, 0.3) is 0 Å². The molecule has 0 aliphatic rings. The lowest BCUT2D eigenvalue weighted by Gasteiger charge is -2.09. The van der Waals surface area contributed by atoms with Crippen LogP contribution in [-0.2, 0) is 6.61 Å². The number of benzene rings is 2. The molecular formula is C13H8BrF2IO. The van der Waals surface area contributed by atoms with Crippen LogP contribution < -0.4 is 4.74 Å². The Kier molecular flexibility index (Phi) is 4.55. The minimum absolute atomic E-state index is 0.0732. The highest BCUT2D eigenvalue weighted by Gasteiger charge is 2.06. The summed E-state index contributed by atoms with van der Waals surface area (Å²) >= 11 is 5.48. The maximum atomic E-state index is 13.4. The van der Waals surface area contributed by atoms with E-state index in [1.54, 1.807) is 6.07 Å². The predicted molar refractivity (Wildman–Crippen MR) is 77.5 cm³/mol. The van der Waals surface area contributed by atoms with Gasteiger partial charge in [-0.05, 0) is 52.9 Å². The molecule has 2 rings (SSSR count). The van der Waals surface area contributed by atoms with Crippen LogP contribution in [0.2, 0.25) is 0 Å². The molecule has 0 aromatic heterocycles. The summed E-state index contributed by atoms with van der Waals surface area (Å²) in [5.41, 5.74) is 0.329. The van der Waals surface area contributed by atoms with Crippen LogP contribution in [0.25, 0.3) is 0 Å². The van der Waals surface area contributed by atoms with Gasteiger partial charge in [0.15, 0.2) is 0 Å². The first-order chi connectivity index (χ1) is 8.56. The Hall–Kier alpha value is -0.690. The summed E-state index contributed by atoms with van der Waals surface area (Å²) in [6.45, 7) is 0.0732. The van der Waals surface area contributed by atoms with Crippen molar-refractivity contribution in [2.24, 2.45) is 0 Å². The molecule has 1 nitrogen and oxygen atoms in total. The van der Waals surface area contributed by atoms with E-state index < -0.39 is 11.6 Å². The zero-order valence-electron chi connectivity index (χ0n) is 9.09. The molecule has 0 unspecified atom stereocenters. The fourth-order valence-corrected chi connectivity index (χ4v) is 2.85. The molecule has 2 aromatic carbocycles. The van der Waals surface area contributed by atoms with E-state index in [-0.39, 0.29) is 6.61 Å². The Morgan fingerprint density at radius 3 is 2.56 bits per heavy atom. The molecule has 5 heteroatoms. The Labute approximate surface area is 125 Å². The van der Waals surface area contributed by atoms with E-state index in [1.807, 2.05) is 12.1 Å². The van der Waals surface area contributed by atoms with Gasteiger partial charge in [0.05, 0.1) is 3.57 Å². The Bertz CT molecular complexity index is 523. The first-order valence-corrected chi connectivity index (χ1v) is 6.95. The second-order valence-corrected chi connectivity index (χ2v) is 5.68. The van der Waals surface area contributed by atoms with Crippen molar-refractivity contribution in [3.8, 4) is 5.75 Å². The van der Waals surface area contributed by atoms with Crippen LogP contribution in [0, 0.1) is 15.2 Å². The third-order valence-electron chi connectivity index (χ3n) is 2.29. The van der Waals surface area contributed by atoms with Crippen LogP contribution in [0.1, 0.15) is 5.56 Å². The highest BCUT2D eigenvalue weighted by Crippen LogP contribution is 2.25. The highest BCUT2D eigenvalue weighted by molar-refractivity contribution is 14.1. The van der Waals surface area contributed by atoms with E-state index in [4.69, 9.17) is 4.74 Å². The normalized spacial score (nSPS) is 10.4. The van der Waals surface area contributed by atoms with Gasteiger partial charge in [0.2, 0.25) is 0 Å².